The fourth-order valence-corrected chi connectivity index (χ4v) is 3.53. The van der Waals surface area contributed by atoms with Crippen molar-refractivity contribution >= 4 is 22.9 Å². The van der Waals surface area contributed by atoms with Crippen LogP contribution in [0.1, 0.15) is 32.9 Å². The number of benzene rings is 2. The van der Waals surface area contributed by atoms with Crippen molar-refractivity contribution in [3.63, 3.8) is 0 Å². The summed E-state index contributed by atoms with van der Waals surface area (Å²) in [4.78, 5) is 17.9. The molecule has 3 aromatic rings. The normalized spacial score (nSPS) is 10.5. The minimum absolute atomic E-state index is 0.151. The summed E-state index contributed by atoms with van der Waals surface area (Å²) in [7, 11) is 0. The molecule has 0 spiro atoms. The van der Waals surface area contributed by atoms with Crippen LogP contribution in [-0.4, -0.2) is 17.5 Å². The molecule has 0 saturated carbocycles. The molecule has 0 aliphatic rings. The smallest absolute Gasteiger partial charge is 0.267 e. The van der Waals surface area contributed by atoms with Gasteiger partial charge in [0.05, 0.1) is 23.0 Å². The molecule has 0 unspecified atom stereocenters. The van der Waals surface area contributed by atoms with E-state index in [1.165, 1.54) is 16.9 Å². The van der Waals surface area contributed by atoms with Gasteiger partial charge in [-0.1, -0.05) is 42.5 Å². The van der Waals surface area contributed by atoms with Crippen LogP contribution in [0.3, 0.4) is 0 Å². The number of thiazole rings is 1. The van der Waals surface area contributed by atoms with E-state index in [2.05, 4.69) is 22.4 Å². The zero-order chi connectivity index (χ0) is 17.6. The number of carbonyl (C=O) groups is 1. The van der Waals surface area contributed by atoms with Crippen molar-refractivity contribution in [2.75, 3.05) is 11.9 Å². The van der Waals surface area contributed by atoms with E-state index >= 15 is 0 Å². The van der Waals surface area contributed by atoms with E-state index < -0.39 is 0 Å². The second-order valence-corrected chi connectivity index (χ2v) is 6.65. The van der Waals surface area contributed by atoms with E-state index in [9.17, 15) is 4.79 Å². The Hall–Kier alpha value is -2.66. The molecule has 1 N–H and O–H groups in total. The van der Waals surface area contributed by atoms with E-state index in [0.29, 0.717) is 22.9 Å². The Morgan fingerprint density at radius 3 is 2.60 bits per heavy atom. The van der Waals surface area contributed by atoms with Gasteiger partial charge in [0.25, 0.3) is 5.91 Å². The first-order valence-corrected chi connectivity index (χ1v) is 9.02. The lowest BCUT2D eigenvalue weighted by atomic mass is 10.2. The summed E-state index contributed by atoms with van der Waals surface area (Å²) in [5, 5.41) is 3.87. The highest BCUT2D eigenvalue weighted by Crippen LogP contribution is 2.26. The van der Waals surface area contributed by atoms with E-state index in [1.807, 2.05) is 56.3 Å². The van der Waals surface area contributed by atoms with Crippen LogP contribution in [-0.2, 0) is 6.42 Å². The Kier molecular flexibility index (Phi) is 5.46. The number of hydrogen-bond acceptors (Lipinski definition) is 4. The number of nitrogens with one attached hydrogen (secondary N) is 1. The van der Waals surface area contributed by atoms with Crippen LogP contribution in [0.25, 0.3) is 0 Å². The van der Waals surface area contributed by atoms with Gasteiger partial charge in [-0.15, -0.1) is 11.3 Å². The number of nitrogens with zero attached hydrogens (tertiary/aromatic N) is 1. The summed E-state index contributed by atoms with van der Waals surface area (Å²) in [6, 6.07) is 17.6. The Balaban J connectivity index is 1.77. The van der Waals surface area contributed by atoms with Crippen LogP contribution in [0.5, 0.6) is 5.75 Å². The minimum Gasteiger partial charge on any atom is -0.492 e. The van der Waals surface area contributed by atoms with Gasteiger partial charge in [-0.2, -0.15) is 0 Å². The topological polar surface area (TPSA) is 51.2 Å². The van der Waals surface area contributed by atoms with Crippen LogP contribution in [0.2, 0.25) is 0 Å². The van der Waals surface area contributed by atoms with Crippen molar-refractivity contribution in [1.29, 1.82) is 0 Å². The van der Waals surface area contributed by atoms with Crippen LogP contribution < -0.4 is 10.1 Å². The lowest BCUT2D eigenvalue weighted by Crippen LogP contribution is -2.12. The number of amides is 1. The number of rotatable bonds is 6. The molecule has 2 aromatic carbocycles. The van der Waals surface area contributed by atoms with Gasteiger partial charge in [0, 0.05) is 6.42 Å². The Labute approximate surface area is 151 Å². The average molecular weight is 352 g/mol. The summed E-state index contributed by atoms with van der Waals surface area (Å²) < 4.78 is 5.56. The average Bonchev–Trinajstić information content (AvgIpc) is 2.98. The number of para-hydroxylation sites is 2. The highest BCUT2D eigenvalue weighted by Gasteiger charge is 2.17. The quantitative estimate of drug-likeness (QED) is 0.700. The zero-order valence-corrected chi connectivity index (χ0v) is 15.1. The van der Waals surface area contributed by atoms with E-state index in [4.69, 9.17) is 4.74 Å². The van der Waals surface area contributed by atoms with Crippen molar-refractivity contribution in [1.82, 2.24) is 4.98 Å². The maximum absolute atomic E-state index is 12.7. The zero-order valence-electron chi connectivity index (χ0n) is 14.3. The van der Waals surface area contributed by atoms with Gasteiger partial charge in [-0.25, -0.2) is 4.98 Å². The summed E-state index contributed by atoms with van der Waals surface area (Å²) in [5.41, 5.74) is 2.61. The number of aromatic nitrogens is 1. The number of hydrogen-bond donors (Lipinski definition) is 1. The third-order valence-corrected chi connectivity index (χ3v) is 4.84. The van der Waals surface area contributed by atoms with Crippen molar-refractivity contribution in [3.8, 4) is 5.75 Å². The summed E-state index contributed by atoms with van der Waals surface area (Å²) in [6.07, 6.45) is 0.731. The molecule has 3 rings (SSSR count). The first-order valence-electron chi connectivity index (χ1n) is 8.20. The van der Waals surface area contributed by atoms with Crippen molar-refractivity contribution in [2.45, 2.75) is 20.3 Å². The Morgan fingerprint density at radius 2 is 1.84 bits per heavy atom. The SMILES string of the molecule is CCOc1ccccc1NC(=O)c1sc(Cc2ccccc2)nc1C. The molecule has 0 radical (unpaired) electrons. The van der Waals surface area contributed by atoms with Gasteiger partial charge >= 0.3 is 0 Å². The molecule has 1 heterocycles. The van der Waals surface area contributed by atoms with Crippen molar-refractivity contribution in [3.05, 3.63) is 75.7 Å². The molecule has 5 heteroatoms. The second-order valence-electron chi connectivity index (χ2n) is 5.57. The summed E-state index contributed by atoms with van der Waals surface area (Å²) in [5.74, 6) is 0.520. The molecule has 0 atom stereocenters. The first kappa shape index (κ1) is 17.2. The monoisotopic (exact) mass is 352 g/mol. The van der Waals surface area contributed by atoms with Crippen LogP contribution in [0.15, 0.2) is 54.6 Å². The van der Waals surface area contributed by atoms with E-state index in [1.54, 1.807) is 0 Å². The minimum atomic E-state index is -0.151. The molecule has 0 fully saturated rings. The van der Waals surface area contributed by atoms with Crippen LogP contribution in [0.4, 0.5) is 5.69 Å². The van der Waals surface area contributed by atoms with E-state index in [-0.39, 0.29) is 5.91 Å². The van der Waals surface area contributed by atoms with Crippen molar-refractivity contribution < 1.29 is 9.53 Å². The molecule has 0 aliphatic heterocycles. The third-order valence-electron chi connectivity index (χ3n) is 3.68. The number of anilines is 1. The number of carbonyl (C=O) groups excluding carboxylic acids is 1. The second kappa shape index (κ2) is 7.94. The van der Waals surface area contributed by atoms with Crippen LogP contribution in [0, 0.1) is 6.92 Å². The van der Waals surface area contributed by atoms with Gasteiger partial charge in [0.2, 0.25) is 0 Å². The molecule has 4 nitrogen and oxygen atoms in total. The predicted octanol–water partition coefficient (Wildman–Crippen LogP) is 4.69. The van der Waals surface area contributed by atoms with E-state index in [0.717, 1.165) is 17.1 Å². The molecule has 0 bridgehead atoms. The lowest BCUT2D eigenvalue weighted by molar-refractivity contribution is 0.102. The summed E-state index contributed by atoms with van der Waals surface area (Å²) >= 11 is 1.44. The molecule has 0 aliphatic carbocycles. The number of aryl methyl sites for hydroxylation is 1. The van der Waals surface area contributed by atoms with Crippen molar-refractivity contribution in [2.24, 2.45) is 0 Å². The maximum Gasteiger partial charge on any atom is 0.267 e. The van der Waals surface area contributed by atoms with Gasteiger partial charge in [-0.05, 0) is 31.5 Å². The number of ether oxygens (including phenoxy) is 1. The van der Waals surface area contributed by atoms with Gasteiger partial charge in [0.1, 0.15) is 10.6 Å². The molecule has 128 valence electrons. The largest absolute Gasteiger partial charge is 0.492 e. The van der Waals surface area contributed by atoms with Crippen LogP contribution >= 0.6 is 11.3 Å². The highest BCUT2D eigenvalue weighted by atomic mass is 32.1. The Bertz CT molecular complexity index is 859. The molecule has 1 amide bonds. The highest BCUT2D eigenvalue weighted by molar-refractivity contribution is 7.14. The van der Waals surface area contributed by atoms with Gasteiger partial charge in [0.15, 0.2) is 0 Å². The lowest BCUT2D eigenvalue weighted by Gasteiger charge is -2.10. The molecule has 1 aromatic heterocycles. The maximum atomic E-state index is 12.7. The standard InChI is InChI=1S/C20H20N2O2S/c1-3-24-17-12-8-7-11-16(17)22-20(23)19-14(2)21-18(25-19)13-15-9-5-4-6-10-15/h4-12H,3,13H2,1-2H3,(H,22,23). The van der Waals surface area contributed by atoms with Gasteiger partial charge in [-0.3, -0.25) is 4.79 Å². The fraction of sp³-hybridized carbons (Fsp3) is 0.200. The first-order chi connectivity index (χ1) is 12.2. The Morgan fingerprint density at radius 1 is 1.12 bits per heavy atom. The molecular formula is C20H20N2O2S. The molecule has 25 heavy (non-hydrogen) atoms. The summed E-state index contributed by atoms with van der Waals surface area (Å²) in [6.45, 7) is 4.34. The molecular weight excluding hydrogens is 332 g/mol. The predicted molar refractivity (Wildman–Crippen MR) is 102 cm³/mol. The fourth-order valence-electron chi connectivity index (χ4n) is 2.54. The van der Waals surface area contributed by atoms with Gasteiger partial charge < -0.3 is 10.1 Å². The molecule has 0 saturated heterocycles. The third kappa shape index (κ3) is 4.25.